The molecule has 5 nitrogen and oxygen atoms in total. The highest BCUT2D eigenvalue weighted by molar-refractivity contribution is 5.85. The van der Waals surface area contributed by atoms with E-state index in [1.165, 1.54) is 6.92 Å². The molecule has 90 valence electrons. The number of carbonyl (C=O) groups is 2. The average Bonchev–Trinajstić information content (AvgIpc) is 2.19. The van der Waals surface area contributed by atoms with Gasteiger partial charge in [-0.2, -0.15) is 0 Å². The topological polar surface area (TPSA) is 98.2 Å². The zero-order chi connectivity index (χ0) is 12.3. The smallest absolute Gasteiger partial charge is 0.239 e. The first-order valence-corrected chi connectivity index (χ1v) is 5.34. The van der Waals surface area contributed by atoms with Crippen molar-refractivity contribution in [3.05, 3.63) is 0 Å². The first-order chi connectivity index (χ1) is 7.07. The zero-order valence-electron chi connectivity index (χ0n) is 9.88. The quantitative estimate of drug-likeness (QED) is 0.551. The van der Waals surface area contributed by atoms with Crippen molar-refractivity contribution < 1.29 is 9.59 Å². The number of primary amides is 1. The third kappa shape index (κ3) is 10.8. The van der Waals surface area contributed by atoms with Crippen LogP contribution in [0.3, 0.4) is 0 Å². The Balaban J connectivity index is 0. The Hall–Kier alpha value is -1.10. The van der Waals surface area contributed by atoms with Crippen LogP contribution in [0.2, 0.25) is 0 Å². The second-order valence-corrected chi connectivity index (χ2v) is 2.94. The monoisotopic (exact) mass is 217 g/mol. The Kier molecular flexibility index (Phi) is 12.0. The summed E-state index contributed by atoms with van der Waals surface area (Å²) in [6.45, 7) is 5.95. The van der Waals surface area contributed by atoms with Gasteiger partial charge >= 0.3 is 0 Å². The zero-order valence-corrected chi connectivity index (χ0v) is 9.88. The number of nitrogens with one attached hydrogen (secondary N) is 1. The minimum absolute atomic E-state index is 0.239. The second kappa shape index (κ2) is 11.0. The van der Waals surface area contributed by atoms with Crippen LogP contribution < -0.4 is 16.8 Å². The van der Waals surface area contributed by atoms with Gasteiger partial charge in [-0.15, -0.1) is 0 Å². The van der Waals surface area contributed by atoms with E-state index in [1.54, 1.807) is 0 Å². The lowest BCUT2D eigenvalue weighted by molar-refractivity contribution is -0.126. The molecule has 0 aromatic heterocycles. The van der Waals surface area contributed by atoms with Crippen molar-refractivity contribution in [2.45, 2.75) is 46.1 Å². The lowest BCUT2D eigenvalue weighted by Crippen LogP contribution is -2.43. The van der Waals surface area contributed by atoms with Gasteiger partial charge in [0.15, 0.2) is 0 Å². The van der Waals surface area contributed by atoms with E-state index >= 15 is 0 Å². The Morgan fingerprint density at radius 2 is 1.80 bits per heavy atom. The minimum Gasteiger partial charge on any atom is -0.368 e. The highest BCUT2D eigenvalue weighted by Crippen LogP contribution is 1.99. The van der Waals surface area contributed by atoms with Crippen molar-refractivity contribution in [3.8, 4) is 0 Å². The molecule has 0 radical (unpaired) electrons. The van der Waals surface area contributed by atoms with E-state index in [0.717, 1.165) is 12.8 Å². The summed E-state index contributed by atoms with van der Waals surface area (Å²) in [7, 11) is 0. The van der Waals surface area contributed by atoms with Crippen LogP contribution in [0.4, 0.5) is 0 Å². The van der Waals surface area contributed by atoms with E-state index in [-0.39, 0.29) is 5.91 Å². The van der Waals surface area contributed by atoms with Crippen LogP contribution in [0, 0.1) is 0 Å². The largest absolute Gasteiger partial charge is 0.368 e. The standard InChI is InChI=1S/C8H17N3O2.C2H6/c1-6(12)11-7(8(10)13)4-2-3-5-9;1-2/h7H,2-5,9H2,1H3,(H2,10,13)(H,11,12);1-2H3. The maximum absolute atomic E-state index is 10.8. The van der Waals surface area contributed by atoms with E-state index in [0.29, 0.717) is 13.0 Å². The number of unbranched alkanes of at least 4 members (excludes halogenated alkanes) is 1. The fourth-order valence-corrected chi connectivity index (χ4v) is 1.02. The van der Waals surface area contributed by atoms with Gasteiger partial charge in [0.2, 0.25) is 11.8 Å². The molecule has 2 amide bonds. The summed E-state index contributed by atoms with van der Waals surface area (Å²) in [6.07, 6.45) is 2.19. The van der Waals surface area contributed by atoms with Crippen LogP contribution in [0.1, 0.15) is 40.0 Å². The minimum atomic E-state index is -0.552. The van der Waals surface area contributed by atoms with E-state index in [2.05, 4.69) is 5.32 Å². The molecular weight excluding hydrogens is 194 g/mol. The molecule has 15 heavy (non-hydrogen) atoms. The van der Waals surface area contributed by atoms with E-state index in [1.807, 2.05) is 13.8 Å². The van der Waals surface area contributed by atoms with Crippen LogP contribution in [0.25, 0.3) is 0 Å². The Morgan fingerprint density at radius 1 is 1.27 bits per heavy atom. The summed E-state index contributed by atoms with van der Waals surface area (Å²) in [5.74, 6) is -0.733. The van der Waals surface area contributed by atoms with Crippen molar-refractivity contribution >= 4 is 11.8 Å². The third-order valence-electron chi connectivity index (χ3n) is 1.67. The molecule has 0 bridgehead atoms. The SMILES string of the molecule is CC.CC(=O)NC(CCCCN)C(N)=O. The van der Waals surface area contributed by atoms with Crippen molar-refractivity contribution in [2.24, 2.45) is 11.5 Å². The Morgan fingerprint density at radius 3 is 2.13 bits per heavy atom. The highest BCUT2D eigenvalue weighted by atomic mass is 16.2. The van der Waals surface area contributed by atoms with Gasteiger partial charge in [-0.05, 0) is 25.8 Å². The molecule has 0 saturated carbocycles. The van der Waals surface area contributed by atoms with Crippen LogP contribution in [0.15, 0.2) is 0 Å². The molecule has 0 aliphatic heterocycles. The van der Waals surface area contributed by atoms with Crippen LogP contribution in [-0.4, -0.2) is 24.4 Å². The van der Waals surface area contributed by atoms with Gasteiger partial charge in [-0.1, -0.05) is 13.8 Å². The normalized spacial score (nSPS) is 10.9. The number of rotatable bonds is 6. The van der Waals surface area contributed by atoms with Gasteiger partial charge in [-0.3, -0.25) is 9.59 Å². The number of amides is 2. The first kappa shape index (κ1) is 16.3. The van der Waals surface area contributed by atoms with Gasteiger partial charge in [0.25, 0.3) is 0 Å². The van der Waals surface area contributed by atoms with Gasteiger partial charge in [0.1, 0.15) is 6.04 Å². The van der Waals surface area contributed by atoms with Crippen LogP contribution in [-0.2, 0) is 9.59 Å². The Labute approximate surface area is 91.6 Å². The molecule has 0 aliphatic carbocycles. The summed E-state index contributed by atoms with van der Waals surface area (Å²) in [5, 5.41) is 2.48. The number of carbonyl (C=O) groups excluding carboxylic acids is 2. The molecule has 5 N–H and O–H groups in total. The Bertz CT molecular complexity index is 184. The van der Waals surface area contributed by atoms with Crippen LogP contribution in [0.5, 0.6) is 0 Å². The van der Waals surface area contributed by atoms with E-state index < -0.39 is 11.9 Å². The summed E-state index contributed by atoms with van der Waals surface area (Å²) in [5.41, 5.74) is 10.4. The maximum atomic E-state index is 10.8. The first-order valence-electron chi connectivity index (χ1n) is 5.34. The summed E-state index contributed by atoms with van der Waals surface area (Å²) in [4.78, 5) is 21.5. The summed E-state index contributed by atoms with van der Waals surface area (Å²) < 4.78 is 0. The third-order valence-corrected chi connectivity index (χ3v) is 1.67. The number of hydrogen-bond acceptors (Lipinski definition) is 3. The van der Waals surface area contributed by atoms with Gasteiger partial charge in [0.05, 0.1) is 0 Å². The fraction of sp³-hybridized carbons (Fsp3) is 0.800. The molecule has 1 atom stereocenters. The molecule has 0 spiro atoms. The predicted octanol–water partition coefficient (Wildman–Crippen LogP) is 0.132. The lowest BCUT2D eigenvalue weighted by atomic mass is 10.1. The number of nitrogens with two attached hydrogens (primary N) is 2. The second-order valence-electron chi connectivity index (χ2n) is 2.94. The van der Waals surface area contributed by atoms with Crippen molar-refractivity contribution in [3.63, 3.8) is 0 Å². The van der Waals surface area contributed by atoms with Gasteiger partial charge in [-0.25, -0.2) is 0 Å². The molecule has 0 aromatic rings. The molecule has 0 aromatic carbocycles. The maximum Gasteiger partial charge on any atom is 0.239 e. The molecule has 5 heteroatoms. The van der Waals surface area contributed by atoms with Gasteiger partial charge in [0, 0.05) is 6.92 Å². The molecule has 0 saturated heterocycles. The molecular formula is C10H23N3O2. The fourth-order valence-electron chi connectivity index (χ4n) is 1.02. The summed E-state index contributed by atoms with van der Waals surface area (Å²) in [6, 6.07) is -0.552. The molecule has 0 heterocycles. The predicted molar refractivity (Wildman–Crippen MR) is 61.1 cm³/mol. The van der Waals surface area contributed by atoms with E-state index in [9.17, 15) is 9.59 Å². The summed E-state index contributed by atoms with van der Waals surface area (Å²) >= 11 is 0. The van der Waals surface area contributed by atoms with Crippen LogP contribution >= 0.6 is 0 Å². The average molecular weight is 217 g/mol. The number of hydrogen-bond donors (Lipinski definition) is 3. The van der Waals surface area contributed by atoms with Crippen molar-refractivity contribution in [1.82, 2.24) is 5.32 Å². The molecule has 0 rings (SSSR count). The van der Waals surface area contributed by atoms with E-state index in [4.69, 9.17) is 11.5 Å². The van der Waals surface area contributed by atoms with Crippen molar-refractivity contribution in [1.29, 1.82) is 0 Å². The molecule has 0 aliphatic rings. The molecule has 1 unspecified atom stereocenters. The van der Waals surface area contributed by atoms with Gasteiger partial charge < -0.3 is 16.8 Å². The van der Waals surface area contributed by atoms with Crippen molar-refractivity contribution in [2.75, 3.05) is 6.54 Å². The lowest BCUT2D eigenvalue weighted by Gasteiger charge is -2.13. The molecule has 0 fully saturated rings. The highest BCUT2D eigenvalue weighted by Gasteiger charge is 2.14.